The Morgan fingerprint density at radius 3 is 2.59 bits per heavy atom. The number of halogens is 1. The molecule has 0 bridgehead atoms. The Labute approximate surface area is 101 Å². The summed E-state index contributed by atoms with van der Waals surface area (Å²) in [5.74, 6) is 0.159. The van der Waals surface area contributed by atoms with E-state index in [-0.39, 0.29) is 17.3 Å². The molecule has 0 unspecified atom stereocenters. The van der Waals surface area contributed by atoms with Gasteiger partial charge < -0.3 is 5.32 Å². The summed E-state index contributed by atoms with van der Waals surface area (Å²) in [6.45, 7) is 5.84. The van der Waals surface area contributed by atoms with Gasteiger partial charge in [-0.3, -0.25) is 4.79 Å². The molecule has 1 amide bonds. The SMILES string of the molecule is Cc1cc(F)ccc1C(=O)NC(C)(C)C1CC1. The van der Waals surface area contributed by atoms with Gasteiger partial charge in [0.15, 0.2) is 0 Å². The van der Waals surface area contributed by atoms with Crippen molar-refractivity contribution in [2.75, 3.05) is 0 Å². The zero-order valence-corrected chi connectivity index (χ0v) is 10.5. The van der Waals surface area contributed by atoms with Crippen molar-refractivity contribution >= 4 is 5.91 Å². The Morgan fingerprint density at radius 1 is 1.41 bits per heavy atom. The van der Waals surface area contributed by atoms with Crippen LogP contribution in [-0.2, 0) is 0 Å². The van der Waals surface area contributed by atoms with Gasteiger partial charge in [-0.05, 0) is 63.3 Å². The van der Waals surface area contributed by atoms with E-state index >= 15 is 0 Å². The molecule has 0 atom stereocenters. The maximum atomic E-state index is 13.0. The van der Waals surface area contributed by atoms with Crippen LogP contribution in [0.4, 0.5) is 4.39 Å². The minimum atomic E-state index is -0.305. The molecule has 2 rings (SSSR count). The number of rotatable bonds is 3. The van der Waals surface area contributed by atoms with Gasteiger partial charge in [-0.2, -0.15) is 0 Å². The molecule has 1 aromatic rings. The Kier molecular flexibility index (Phi) is 2.94. The molecule has 0 radical (unpaired) electrons. The monoisotopic (exact) mass is 235 g/mol. The number of amides is 1. The number of hydrogen-bond donors (Lipinski definition) is 1. The fourth-order valence-corrected chi connectivity index (χ4v) is 2.15. The highest BCUT2D eigenvalue weighted by atomic mass is 19.1. The Morgan fingerprint density at radius 2 is 2.06 bits per heavy atom. The van der Waals surface area contributed by atoms with Crippen LogP contribution in [0.15, 0.2) is 18.2 Å². The van der Waals surface area contributed by atoms with Gasteiger partial charge in [0.1, 0.15) is 5.82 Å². The summed E-state index contributed by atoms with van der Waals surface area (Å²) >= 11 is 0. The molecule has 17 heavy (non-hydrogen) atoms. The van der Waals surface area contributed by atoms with Crippen LogP contribution < -0.4 is 5.32 Å². The Hall–Kier alpha value is -1.38. The number of carbonyl (C=O) groups excluding carboxylic acids is 1. The first-order valence-corrected chi connectivity index (χ1v) is 5.99. The summed E-state index contributed by atoms with van der Waals surface area (Å²) in [6, 6.07) is 4.26. The van der Waals surface area contributed by atoms with Crippen LogP contribution in [0.1, 0.15) is 42.6 Å². The lowest BCUT2D eigenvalue weighted by molar-refractivity contribution is 0.0902. The van der Waals surface area contributed by atoms with Gasteiger partial charge in [0.05, 0.1) is 0 Å². The van der Waals surface area contributed by atoms with Gasteiger partial charge in [-0.15, -0.1) is 0 Å². The topological polar surface area (TPSA) is 29.1 Å². The van der Waals surface area contributed by atoms with E-state index in [9.17, 15) is 9.18 Å². The molecule has 1 fully saturated rings. The van der Waals surface area contributed by atoms with Crippen molar-refractivity contribution in [1.82, 2.24) is 5.32 Å². The summed E-state index contributed by atoms with van der Waals surface area (Å²) in [7, 11) is 0. The molecule has 1 aliphatic rings. The lowest BCUT2D eigenvalue weighted by atomic mass is 9.97. The van der Waals surface area contributed by atoms with E-state index < -0.39 is 0 Å². The smallest absolute Gasteiger partial charge is 0.251 e. The second-order valence-corrected chi connectivity index (χ2v) is 5.41. The Balaban J connectivity index is 2.14. The molecule has 1 N–H and O–H groups in total. The second kappa shape index (κ2) is 4.13. The molecule has 1 aliphatic carbocycles. The zero-order valence-electron chi connectivity index (χ0n) is 10.5. The van der Waals surface area contributed by atoms with E-state index in [0.717, 1.165) is 0 Å². The molecule has 3 heteroatoms. The van der Waals surface area contributed by atoms with Crippen molar-refractivity contribution in [3.63, 3.8) is 0 Å². The predicted octanol–water partition coefficient (Wildman–Crippen LogP) is 3.05. The second-order valence-electron chi connectivity index (χ2n) is 5.41. The van der Waals surface area contributed by atoms with E-state index in [2.05, 4.69) is 5.32 Å². The molecule has 0 saturated heterocycles. The van der Waals surface area contributed by atoms with Gasteiger partial charge in [0.25, 0.3) is 5.91 Å². The molecular formula is C14H18FNO. The van der Waals surface area contributed by atoms with Crippen molar-refractivity contribution in [2.45, 2.75) is 39.2 Å². The lowest BCUT2D eigenvalue weighted by Gasteiger charge is -2.26. The van der Waals surface area contributed by atoms with Gasteiger partial charge in [0.2, 0.25) is 0 Å². The quantitative estimate of drug-likeness (QED) is 0.857. The highest BCUT2D eigenvalue weighted by Crippen LogP contribution is 2.39. The summed E-state index contributed by atoms with van der Waals surface area (Å²) in [5, 5.41) is 3.03. The first-order valence-electron chi connectivity index (χ1n) is 5.99. The van der Waals surface area contributed by atoms with E-state index in [1.165, 1.54) is 25.0 Å². The zero-order chi connectivity index (χ0) is 12.6. The number of nitrogens with one attached hydrogen (secondary N) is 1. The standard InChI is InChI=1S/C14H18FNO/c1-9-8-11(15)6-7-12(9)13(17)16-14(2,3)10-4-5-10/h6-8,10H,4-5H2,1-3H3,(H,16,17). The molecule has 1 aromatic carbocycles. The highest BCUT2D eigenvalue weighted by molar-refractivity contribution is 5.96. The highest BCUT2D eigenvalue weighted by Gasteiger charge is 2.38. The summed E-state index contributed by atoms with van der Waals surface area (Å²) in [4.78, 5) is 12.1. The third kappa shape index (κ3) is 2.65. The average molecular weight is 235 g/mol. The lowest BCUT2D eigenvalue weighted by Crippen LogP contribution is -2.45. The largest absolute Gasteiger partial charge is 0.347 e. The maximum Gasteiger partial charge on any atom is 0.251 e. The summed E-state index contributed by atoms with van der Waals surface area (Å²) < 4.78 is 13.0. The van der Waals surface area contributed by atoms with Gasteiger partial charge in [-0.1, -0.05) is 0 Å². The van der Waals surface area contributed by atoms with Gasteiger partial charge in [0, 0.05) is 11.1 Å². The first-order chi connectivity index (χ1) is 7.90. The van der Waals surface area contributed by atoms with Crippen molar-refractivity contribution in [2.24, 2.45) is 5.92 Å². The molecule has 2 nitrogen and oxygen atoms in total. The van der Waals surface area contributed by atoms with Crippen LogP contribution in [0, 0.1) is 18.7 Å². The van der Waals surface area contributed by atoms with Crippen molar-refractivity contribution < 1.29 is 9.18 Å². The Bertz CT molecular complexity index is 450. The third-order valence-corrected chi connectivity index (χ3v) is 3.47. The van der Waals surface area contributed by atoms with E-state index in [0.29, 0.717) is 17.0 Å². The normalized spacial score (nSPS) is 15.8. The molecule has 0 heterocycles. The third-order valence-electron chi connectivity index (χ3n) is 3.47. The fourth-order valence-electron chi connectivity index (χ4n) is 2.15. The molecule has 1 saturated carbocycles. The average Bonchev–Trinajstić information content (AvgIpc) is 2.98. The van der Waals surface area contributed by atoms with Crippen molar-refractivity contribution in [1.29, 1.82) is 0 Å². The van der Waals surface area contributed by atoms with Crippen LogP contribution in [0.2, 0.25) is 0 Å². The molecule has 0 aromatic heterocycles. The molecule has 92 valence electrons. The van der Waals surface area contributed by atoms with Crippen LogP contribution >= 0.6 is 0 Å². The van der Waals surface area contributed by atoms with E-state index in [4.69, 9.17) is 0 Å². The van der Waals surface area contributed by atoms with Crippen LogP contribution in [0.5, 0.6) is 0 Å². The summed E-state index contributed by atoms with van der Waals surface area (Å²) in [6.07, 6.45) is 2.35. The number of carbonyl (C=O) groups is 1. The fraction of sp³-hybridized carbons (Fsp3) is 0.500. The van der Waals surface area contributed by atoms with Crippen LogP contribution in [0.25, 0.3) is 0 Å². The first kappa shape index (κ1) is 12.1. The number of hydrogen-bond acceptors (Lipinski definition) is 1. The van der Waals surface area contributed by atoms with Gasteiger partial charge >= 0.3 is 0 Å². The van der Waals surface area contributed by atoms with Crippen LogP contribution in [0.3, 0.4) is 0 Å². The maximum absolute atomic E-state index is 13.0. The number of aryl methyl sites for hydroxylation is 1. The van der Waals surface area contributed by atoms with Crippen molar-refractivity contribution in [3.05, 3.63) is 35.1 Å². The minimum absolute atomic E-state index is 0.112. The molecule has 0 aliphatic heterocycles. The molecule has 0 spiro atoms. The van der Waals surface area contributed by atoms with Gasteiger partial charge in [-0.25, -0.2) is 4.39 Å². The van der Waals surface area contributed by atoms with Crippen molar-refractivity contribution in [3.8, 4) is 0 Å². The van der Waals surface area contributed by atoms with E-state index in [1.807, 2.05) is 13.8 Å². The predicted molar refractivity (Wildman–Crippen MR) is 65.4 cm³/mol. The molecular weight excluding hydrogens is 217 g/mol. The summed E-state index contributed by atoms with van der Waals surface area (Å²) in [5.41, 5.74) is 1.06. The number of benzene rings is 1. The minimum Gasteiger partial charge on any atom is -0.347 e. The van der Waals surface area contributed by atoms with E-state index in [1.54, 1.807) is 13.0 Å². The van der Waals surface area contributed by atoms with Crippen LogP contribution in [-0.4, -0.2) is 11.4 Å².